The van der Waals surface area contributed by atoms with Crippen LogP contribution < -0.4 is 5.32 Å². The molecule has 0 radical (unpaired) electrons. The summed E-state index contributed by atoms with van der Waals surface area (Å²) in [6.45, 7) is 6.24. The number of piperidine rings is 1. The van der Waals surface area contributed by atoms with Crippen LogP contribution in [-0.2, 0) is 15.0 Å². The summed E-state index contributed by atoms with van der Waals surface area (Å²) < 4.78 is 14.1. The van der Waals surface area contributed by atoms with Crippen LogP contribution in [0, 0.1) is 17.7 Å². The summed E-state index contributed by atoms with van der Waals surface area (Å²) >= 11 is 0. The van der Waals surface area contributed by atoms with Crippen LogP contribution in [0.2, 0.25) is 0 Å². The van der Waals surface area contributed by atoms with Crippen molar-refractivity contribution in [3.8, 4) is 0 Å². The van der Waals surface area contributed by atoms with E-state index in [0.29, 0.717) is 24.8 Å². The number of hydrogen-bond donors (Lipinski definition) is 1. The summed E-state index contributed by atoms with van der Waals surface area (Å²) in [6, 6.07) is 5.06. The molecule has 1 atom stereocenters. The van der Waals surface area contributed by atoms with Crippen molar-refractivity contribution in [2.45, 2.75) is 63.7 Å². The summed E-state index contributed by atoms with van der Waals surface area (Å²) in [4.78, 5) is 26.9. The van der Waals surface area contributed by atoms with Gasteiger partial charge < -0.3 is 10.2 Å². The number of rotatable bonds is 4. The molecule has 1 unspecified atom stereocenters. The number of nitrogens with one attached hydrogen (secondary N) is 1. The maximum Gasteiger partial charge on any atom is 0.225 e. The lowest BCUT2D eigenvalue weighted by atomic mass is 9.71. The van der Waals surface area contributed by atoms with E-state index in [0.717, 1.165) is 56.3 Å². The standard InChI is InChI=1S/C23H31FN2O2/c1-3-25-21(27)12-17-14-23(20-13-18(24)4-5-19(17)20)6-8-26(9-7-23)22(28)16-10-15(2)11-16/h4-5,13,15-17H,3,6-12,14H2,1-2H3,(H,25,27). The van der Waals surface area contributed by atoms with Crippen LogP contribution in [-0.4, -0.2) is 36.3 Å². The van der Waals surface area contributed by atoms with E-state index in [1.54, 1.807) is 6.07 Å². The minimum atomic E-state index is -0.209. The first kappa shape index (κ1) is 19.4. The fraction of sp³-hybridized carbons (Fsp3) is 0.652. The van der Waals surface area contributed by atoms with Crippen molar-refractivity contribution in [3.63, 3.8) is 0 Å². The topological polar surface area (TPSA) is 49.4 Å². The van der Waals surface area contributed by atoms with Crippen molar-refractivity contribution >= 4 is 11.8 Å². The first-order valence-electron chi connectivity index (χ1n) is 10.8. The van der Waals surface area contributed by atoms with Crippen molar-refractivity contribution in [3.05, 3.63) is 35.1 Å². The van der Waals surface area contributed by atoms with Gasteiger partial charge in [0, 0.05) is 32.0 Å². The Morgan fingerprint density at radius 1 is 1.25 bits per heavy atom. The number of likely N-dealkylation sites (tertiary alicyclic amines) is 1. The van der Waals surface area contributed by atoms with E-state index in [-0.39, 0.29) is 29.0 Å². The molecule has 1 saturated heterocycles. The van der Waals surface area contributed by atoms with Crippen LogP contribution in [0.25, 0.3) is 0 Å². The number of halogens is 1. The molecule has 1 aliphatic heterocycles. The van der Waals surface area contributed by atoms with E-state index in [2.05, 4.69) is 12.2 Å². The van der Waals surface area contributed by atoms with Gasteiger partial charge in [0.05, 0.1) is 0 Å². The zero-order valence-electron chi connectivity index (χ0n) is 17.0. The van der Waals surface area contributed by atoms with E-state index in [9.17, 15) is 14.0 Å². The molecule has 1 heterocycles. The number of nitrogens with zero attached hydrogens (tertiary/aromatic N) is 1. The smallest absolute Gasteiger partial charge is 0.225 e. The molecule has 5 heteroatoms. The predicted octanol–water partition coefficient (Wildman–Crippen LogP) is 3.75. The van der Waals surface area contributed by atoms with Gasteiger partial charge in [-0.1, -0.05) is 13.0 Å². The number of hydrogen-bond acceptors (Lipinski definition) is 2. The molecule has 2 fully saturated rings. The highest BCUT2D eigenvalue weighted by Crippen LogP contribution is 2.53. The monoisotopic (exact) mass is 386 g/mol. The fourth-order valence-corrected chi connectivity index (χ4v) is 5.70. The lowest BCUT2D eigenvalue weighted by Gasteiger charge is -2.43. The zero-order chi connectivity index (χ0) is 19.9. The van der Waals surface area contributed by atoms with Crippen LogP contribution in [0.1, 0.15) is 69.4 Å². The van der Waals surface area contributed by atoms with Crippen molar-refractivity contribution in [2.75, 3.05) is 19.6 Å². The average Bonchev–Trinajstić information content (AvgIpc) is 2.92. The Labute approximate surface area is 166 Å². The van der Waals surface area contributed by atoms with E-state index in [1.807, 2.05) is 17.9 Å². The normalized spacial score (nSPS) is 28.0. The molecule has 0 bridgehead atoms. The molecule has 2 amide bonds. The first-order chi connectivity index (χ1) is 13.4. The highest BCUT2D eigenvalue weighted by atomic mass is 19.1. The van der Waals surface area contributed by atoms with Gasteiger partial charge in [-0.05, 0) is 79.5 Å². The van der Waals surface area contributed by atoms with E-state index in [4.69, 9.17) is 0 Å². The molecular weight excluding hydrogens is 355 g/mol. The van der Waals surface area contributed by atoms with Gasteiger partial charge in [0.25, 0.3) is 0 Å². The molecule has 3 aliphatic rings. The molecular formula is C23H31FN2O2. The number of fused-ring (bicyclic) bond motifs is 2. The van der Waals surface area contributed by atoms with E-state index in [1.165, 1.54) is 6.07 Å². The second kappa shape index (κ2) is 7.49. The van der Waals surface area contributed by atoms with E-state index < -0.39 is 0 Å². The minimum Gasteiger partial charge on any atom is -0.356 e. The van der Waals surface area contributed by atoms with Gasteiger partial charge in [0.1, 0.15) is 5.82 Å². The molecule has 1 aromatic rings. The molecule has 28 heavy (non-hydrogen) atoms. The van der Waals surface area contributed by atoms with Crippen LogP contribution in [0.15, 0.2) is 18.2 Å². The summed E-state index contributed by atoms with van der Waals surface area (Å²) in [6.07, 6.45) is 5.10. The molecule has 1 N–H and O–H groups in total. The number of benzene rings is 1. The third-order valence-corrected chi connectivity index (χ3v) is 7.22. The number of carbonyl (C=O) groups is 2. The highest BCUT2D eigenvalue weighted by Gasteiger charge is 2.47. The third-order valence-electron chi connectivity index (χ3n) is 7.22. The second-order valence-electron chi connectivity index (χ2n) is 9.17. The van der Waals surface area contributed by atoms with Gasteiger partial charge in [0.2, 0.25) is 11.8 Å². The van der Waals surface area contributed by atoms with Gasteiger partial charge in [0.15, 0.2) is 0 Å². The largest absolute Gasteiger partial charge is 0.356 e. The molecule has 4 rings (SSSR count). The number of carbonyl (C=O) groups excluding carboxylic acids is 2. The molecule has 152 valence electrons. The Bertz CT molecular complexity index is 764. The Morgan fingerprint density at radius 2 is 1.96 bits per heavy atom. The summed E-state index contributed by atoms with van der Waals surface area (Å²) in [5, 5.41) is 2.89. The van der Waals surface area contributed by atoms with Crippen molar-refractivity contribution < 1.29 is 14.0 Å². The quantitative estimate of drug-likeness (QED) is 0.857. The van der Waals surface area contributed by atoms with Crippen molar-refractivity contribution in [1.82, 2.24) is 10.2 Å². The summed E-state index contributed by atoms with van der Waals surface area (Å²) in [5.74, 6) is 1.18. The maximum absolute atomic E-state index is 14.1. The van der Waals surface area contributed by atoms with Crippen LogP contribution in [0.5, 0.6) is 0 Å². The Morgan fingerprint density at radius 3 is 2.61 bits per heavy atom. The molecule has 1 aromatic carbocycles. The van der Waals surface area contributed by atoms with Crippen molar-refractivity contribution in [2.24, 2.45) is 11.8 Å². The molecule has 2 aliphatic carbocycles. The fourth-order valence-electron chi connectivity index (χ4n) is 5.70. The molecule has 0 aromatic heterocycles. The molecule has 1 saturated carbocycles. The Kier molecular flexibility index (Phi) is 5.19. The highest BCUT2D eigenvalue weighted by molar-refractivity contribution is 5.80. The third kappa shape index (κ3) is 3.44. The van der Waals surface area contributed by atoms with Gasteiger partial charge in [-0.25, -0.2) is 4.39 Å². The molecule has 4 nitrogen and oxygen atoms in total. The predicted molar refractivity (Wildman–Crippen MR) is 106 cm³/mol. The van der Waals surface area contributed by atoms with Crippen LogP contribution in [0.4, 0.5) is 4.39 Å². The van der Waals surface area contributed by atoms with Crippen molar-refractivity contribution in [1.29, 1.82) is 0 Å². The van der Waals surface area contributed by atoms with Gasteiger partial charge in [-0.2, -0.15) is 0 Å². The summed E-state index contributed by atoms with van der Waals surface area (Å²) in [5.41, 5.74) is 2.10. The van der Waals surface area contributed by atoms with Crippen LogP contribution >= 0.6 is 0 Å². The minimum absolute atomic E-state index is 0.0616. The summed E-state index contributed by atoms with van der Waals surface area (Å²) in [7, 11) is 0. The lowest BCUT2D eigenvalue weighted by molar-refractivity contribution is -0.141. The number of amides is 2. The van der Waals surface area contributed by atoms with Gasteiger partial charge in [-0.3, -0.25) is 9.59 Å². The second-order valence-corrected chi connectivity index (χ2v) is 9.17. The lowest BCUT2D eigenvalue weighted by Crippen LogP contribution is -2.48. The van der Waals surface area contributed by atoms with Gasteiger partial charge >= 0.3 is 0 Å². The SMILES string of the molecule is CCNC(=O)CC1CC2(CCN(C(=O)C3CC(C)C3)CC2)c2cc(F)ccc21. The van der Waals surface area contributed by atoms with E-state index >= 15 is 0 Å². The Balaban J connectivity index is 1.49. The van der Waals surface area contributed by atoms with Crippen LogP contribution in [0.3, 0.4) is 0 Å². The van der Waals surface area contributed by atoms with Gasteiger partial charge in [-0.15, -0.1) is 0 Å². The zero-order valence-corrected chi connectivity index (χ0v) is 17.0. The molecule has 1 spiro atoms. The Hall–Kier alpha value is -1.91. The average molecular weight is 387 g/mol. The maximum atomic E-state index is 14.1. The first-order valence-corrected chi connectivity index (χ1v) is 10.8.